The number of thiazole rings is 1. The van der Waals surface area contributed by atoms with Crippen molar-refractivity contribution in [3.8, 4) is 0 Å². The molecule has 1 amide bonds. The normalized spacial score (nSPS) is 12.6. The van der Waals surface area contributed by atoms with Crippen LogP contribution in [0.15, 0.2) is 40.2 Å². The Hall–Kier alpha value is -1.90. The van der Waals surface area contributed by atoms with Crippen LogP contribution in [0.2, 0.25) is 0 Å². The van der Waals surface area contributed by atoms with Crippen molar-refractivity contribution in [2.24, 2.45) is 4.99 Å². The molecule has 30 heavy (non-hydrogen) atoms. The Balaban J connectivity index is 2.06. The lowest BCUT2D eigenvalue weighted by molar-refractivity contribution is -0.117. The number of hydrogen-bond donors (Lipinski definition) is 0. The summed E-state index contributed by atoms with van der Waals surface area (Å²) in [6, 6.07) is 9.26. The molecule has 0 unspecified atom stereocenters. The van der Waals surface area contributed by atoms with E-state index in [9.17, 15) is 13.2 Å². The second kappa shape index (κ2) is 9.08. The number of carbonyl (C=O) groups is 1. The van der Waals surface area contributed by atoms with Gasteiger partial charge in [-0.3, -0.25) is 4.79 Å². The SMILES string of the molecule is CSCCn1c(=NC(=O)Cc2c(C)cc(C)cc2C)sc2cc(S(C)(=O)=O)ccc21. The summed E-state index contributed by atoms with van der Waals surface area (Å²) in [7, 11) is -3.30. The van der Waals surface area contributed by atoms with Gasteiger partial charge in [-0.25, -0.2) is 8.42 Å². The fraction of sp³-hybridized carbons (Fsp3) is 0.364. The van der Waals surface area contributed by atoms with Crippen LogP contribution in [0.25, 0.3) is 10.2 Å². The molecule has 0 aliphatic rings. The van der Waals surface area contributed by atoms with Gasteiger partial charge in [0.25, 0.3) is 5.91 Å². The van der Waals surface area contributed by atoms with Crippen molar-refractivity contribution in [3.63, 3.8) is 0 Å². The van der Waals surface area contributed by atoms with Gasteiger partial charge in [0.1, 0.15) is 0 Å². The van der Waals surface area contributed by atoms with E-state index in [4.69, 9.17) is 0 Å². The highest BCUT2D eigenvalue weighted by atomic mass is 32.2. The van der Waals surface area contributed by atoms with E-state index in [1.54, 1.807) is 30.0 Å². The van der Waals surface area contributed by atoms with Crippen molar-refractivity contribution in [2.45, 2.75) is 38.6 Å². The van der Waals surface area contributed by atoms with Gasteiger partial charge < -0.3 is 4.57 Å². The first-order valence-electron chi connectivity index (χ1n) is 9.57. The zero-order valence-corrected chi connectivity index (χ0v) is 20.3. The summed E-state index contributed by atoms with van der Waals surface area (Å²) in [5, 5.41) is 0. The Labute approximate surface area is 185 Å². The third-order valence-electron chi connectivity index (χ3n) is 4.99. The predicted octanol–water partition coefficient (Wildman–Crippen LogP) is 4.06. The molecule has 0 saturated heterocycles. The van der Waals surface area contributed by atoms with E-state index in [0.29, 0.717) is 11.3 Å². The molecule has 1 aromatic heterocycles. The molecule has 3 aromatic rings. The van der Waals surface area contributed by atoms with Crippen molar-refractivity contribution < 1.29 is 13.2 Å². The summed E-state index contributed by atoms with van der Waals surface area (Å²) in [5.74, 6) is 0.676. The average Bonchev–Trinajstić information content (AvgIpc) is 2.98. The molecule has 0 N–H and O–H groups in total. The fourth-order valence-electron chi connectivity index (χ4n) is 3.55. The maximum atomic E-state index is 12.8. The van der Waals surface area contributed by atoms with E-state index in [0.717, 1.165) is 32.7 Å². The molecule has 0 aliphatic carbocycles. The first-order valence-corrected chi connectivity index (χ1v) is 13.7. The molecule has 8 heteroatoms. The average molecular weight is 463 g/mol. The first-order chi connectivity index (χ1) is 14.1. The molecule has 160 valence electrons. The van der Waals surface area contributed by atoms with Gasteiger partial charge in [-0.05, 0) is 61.9 Å². The van der Waals surface area contributed by atoms with Gasteiger partial charge in [0.15, 0.2) is 14.6 Å². The predicted molar refractivity (Wildman–Crippen MR) is 126 cm³/mol. The molecule has 0 radical (unpaired) electrons. The lowest BCUT2D eigenvalue weighted by atomic mass is 9.97. The third kappa shape index (κ3) is 5.04. The monoisotopic (exact) mass is 462 g/mol. The number of fused-ring (bicyclic) bond motifs is 1. The number of nitrogens with zero attached hydrogens (tertiary/aromatic N) is 2. The molecule has 0 spiro atoms. The van der Waals surface area contributed by atoms with Crippen LogP contribution >= 0.6 is 23.1 Å². The number of rotatable bonds is 6. The quantitative estimate of drug-likeness (QED) is 0.554. The standard InChI is InChI=1S/C22H26N2O3S3/c1-14-10-15(2)18(16(3)11-14)13-21(25)23-22-24(8-9-28-4)19-7-6-17(30(5,26)27)12-20(19)29-22/h6-7,10-12H,8-9,13H2,1-5H3. The molecule has 0 atom stereocenters. The number of amides is 1. The minimum absolute atomic E-state index is 0.196. The van der Waals surface area contributed by atoms with Crippen LogP contribution < -0.4 is 4.80 Å². The number of benzene rings is 2. The maximum absolute atomic E-state index is 12.8. The van der Waals surface area contributed by atoms with Crippen LogP contribution in [0, 0.1) is 20.8 Å². The van der Waals surface area contributed by atoms with Gasteiger partial charge >= 0.3 is 0 Å². The summed E-state index contributed by atoms with van der Waals surface area (Å²) in [6.07, 6.45) is 3.48. The van der Waals surface area contributed by atoms with Crippen molar-refractivity contribution >= 4 is 49.1 Å². The second-order valence-electron chi connectivity index (χ2n) is 7.49. The van der Waals surface area contributed by atoms with Crippen LogP contribution in [0.5, 0.6) is 0 Å². The topological polar surface area (TPSA) is 68.5 Å². The largest absolute Gasteiger partial charge is 0.316 e. The molecule has 0 aliphatic heterocycles. The molecule has 0 bridgehead atoms. The van der Waals surface area contributed by atoms with Crippen LogP contribution in [0.4, 0.5) is 0 Å². The second-order valence-corrected chi connectivity index (χ2v) is 11.5. The van der Waals surface area contributed by atoms with E-state index in [1.807, 2.05) is 31.6 Å². The number of hydrogen-bond acceptors (Lipinski definition) is 5. The Bertz CT molecular complexity index is 1260. The van der Waals surface area contributed by atoms with Gasteiger partial charge in [0.2, 0.25) is 0 Å². The maximum Gasteiger partial charge on any atom is 0.252 e. The lowest BCUT2D eigenvalue weighted by Crippen LogP contribution is -2.19. The van der Waals surface area contributed by atoms with E-state index < -0.39 is 9.84 Å². The Morgan fingerprint density at radius 3 is 2.40 bits per heavy atom. The highest BCUT2D eigenvalue weighted by Gasteiger charge is 2.14. The summed E-state index contributed by atoms with van der Waals surface area (Å²) in [6.45, 7) is 6.79. The van der Waals surface area contributed by atoms with Gasteiger partial charge in [-0.1, -0.05) is 29.0 Å². The molecule has 3 rings (SSSR count). The zero-order chi connectivity index (χ0) is 22.1. The number of aryl methyl sites for hydroxylation is 4. The number of carbonyl (C=O) groups excluding carboxylic acids is 1. The highest BCUT2D eigenvalue weighted by molar-refractivity contribution is 7.98. The van der Waals surface area contributed by atoms with E-state index in [1.165, 1.54) is 23.2 Å². The lowest BCUT2D eigenvalue weighted by Gasteiger charge is -2.09. The summed E-state index contributed by atoms with van der Waals surface area (Å²) in [5.41, 5.74) is 5.29. The Morgan fingerprint density at radius 2 is 1.80 bits per heavy atom. The molecular formula is C22H26N2O3S3. The first kappa shape index (κ1) is 22.8. The van der Waals surface area contributed by atoms with Crippen molar-refractivity contribution in [2.75, 3.05) is 18.3 Å². The Kier molecular flexibility index (Phi) is 6.89. The number of sulfone groups is 1. The number of thioether (sulfide) groups is 1. The smallest absolute Gasteiger partial charge is 0.252 e. The van der Waals surface area contributed by atoms with Crippen molar-refractivity contribution in [3.05, 3.63) is 57.4 Å². The van der Waals surface area contributed by atoms with E-state index >= 15 is 0 Å². The fourth-order valence-corrected chi connectivity index (χ4v) is 5.75. The molecule has 5 nitrogen and oxygen atoms in total. The van der Waals surface area contributed by atoms with Gasteiger partial charge in [-0.15, -0.1) is 0 Å². The third-order valence-corrected chi connectivity index (χ3v) is 7.73. The van der Waals surface area contributed by atoms with Crippen molar-refractivity contribution in [1.29, 1.82) is 0 Å². The minimum atomic E-state index is -3.30. The summed E-state index contributed by atoms with van der Waals surface area (Å²) >= 11 is 3.07. The zero-order valence-electron chi connectivity index (χ0n) is 17.9. The Morgan fingerprint density at radius 1 is 1.13 bits per heavy atom. The van der Waals surface area contributed by atoms with Gasteiger partial charge in [0, 0.05) is 18.6 Å². The molecule has 0 fully saturated rings. The molecule has 1 heterocycles. The van der Waals surface area contributed by atoms with Gasteiger partial charge in [0.05, 0.1) is 21.5 Å². The van der Waals surface area contributed by atoms with Crippen LogP contribution in [-0.4, -0.2) is 37.2 Å². The molecule has 0 saturated carbocycles. The highest BCUT2D eigenvalue weighted by Crippen LogP contribution is 2.22. The van der Waals surface area contributed by atoms with Gasteiger partial charge in [-0.2, -0.15) is 16.8 Å². The molecular weight excluding hydrogens is 436 g/mol. The van der Waals surface area contributed by atoms with Crippen molar-refractivity contribution in [1.82, 2.24) is 4.57 Å². The summed E-state index contributed by atoms with van der Waals surface area (Å²) in [4.78, 5) is 18.1. The van der Waals surface area contributed by atoms with E-state index in [2.05, 4.69) is 17.1 Å². The van der Waals surface area contributed by atoms with Crippen LogP contribution in [-0.2, 0) is 27.6 Å². The van der Waals surface area contributed by atoms with E-state index in [-0.39, 0.29) is 17.2 Å². The van der Waals surface area contributed by atoms with Crippen LogP contribution in [0.1, 0.15) is 22.3 Å². The van der Waals surface area contributed by atoms with Crippen LogP contribution in [0.3, 0.4) is 0 Å². The summed E-state index contributed by atoms with van der Waals surface area (Å²) < 4.78 is 26.7. The minimum Gasteiger partial charge on any atom is -0.316 e. The molecule has 2 aromatic carbocycles. The number of aromatic nitrogens is 1.